The standard InChI is InChI=1S/C15H17F4NO3/c1-13(2,3)23-12(22)20-14(4,8-21)9-6-5-7-10(11(9)16)15(17,18)19/h5-8H,1-4H3,(H,20,22). The van der Waals surface area contributed by atoms with Crippen LogP contribution >= 0.6 is 0 Å². The second-order valence-electron chi connectivity index (χ2n) is 6.11. The van der Waals surface area contributed by atoms with Gasteiger partial charge < -0.3 is 14.8 Å². The lowest BCUT2D eigenvalue weighted by atomic mass is 9.91. The topological polar surface area (TPSA) is 55.4 Å². The molecule has 0 bridgehead atoms. The van der Waals surface area contributed by atoms with Crippen molar-refractivity contribution in [3.05, 3.63) is 35.1 Å². The molecule has 1 unspecified atom stereocenters. The summed E-state index contributed by atoms with van der Waals surface area (Å²) in [5, 5.41) is 2.10. The van der Waals surface area contributed by atoms with Gasteiger partial charge in [0.2, 0.25) is 0 Å². The number of carbonyl (C=O) groups is 2. The number of alkyl halides is 3. The largest absolute Gasteiger partial charge is 0.444 e. The maximum absolute atomic E-state index is 14.2. The van der Waals surface area contributed by atoms with E-state index in [9.17, 15) is 27.2 Å². The van der Waals surface area contributed by atoms with Crippen molar-refractivity contribution in [2.24, 2.45) is 0 Å². The number of aldehydes is 1. The van der Waals surface area contributed by atoms with Gasteiger partial charge in [0.15, 0.2) is 0 Å². The Kier molecular flexibility index (Phi) is 5.08. The van der Waals surface area contributed by atoms with Gasteiger partial charge in [0.25, 0.3) is 0 Å². The fourth-order valence-corrected chi connectivity index (χ4v) is 1.83. The Morgan fingerprint density at radius 2 is 1.65 bits per heavy atom. The summed E-state index contributed by atoms with van der Waals surface area (Å²) in [5.41, 5.74) is -5.02. The maximum Gasteiger partial charge on any atom is 0.419 e. The lowest BCUT2D eigenvalue weighted by molar-refractivity contribution is -0.140. The highest BCUT2D eigenvalue weighted by molar-refractivity contribution is 5.78. The molecule has 1 aromatic carbocycles. The molecule has 0 aliphatic heterocycles. The number of carbonyl (C=O) groups excluding carboxylic acids is 2. The molecule has 128 valence electrons. The first-order valence-corrected chi connectivity index (χ1v) is 6.64. The highest BCUT2D eigenvalue weighted by atomic mass is 19.4. The number of benzene rings is 1. The molecule has 0 aliphatic rings. The number of nitrogens with one attached hydrogen (secondary N) is 1. The summed E-state index contributed by atoms with van der Waals surface area (Å²) in [6.07, 6.45) is -5.82. The van der Waals surface area contributed by atoms with E-state index in [1.165, 1.54) is 0 Å². The first-order chi connectivity index (χ1) is 10.3. The van der Waals surface area contributed by atoms with E-state index in [4.69, 9.17) is 4.74 Å². The minimum Gasteiger partial charge on any atom is -0.444 e. The van der Waals surface area contributed by atoms with Gasteiger partial charge >= 0.3 is 12.3 Å². The van der Waals surface area contributed by atoms with Crippen LogP contribution in [0.2, 0.25) is 0 Å². The van der Waals surface area contributed by atoms with Crippen molar-refractivity contribution in [3.8, 4) is 0 Å². The summed E-state index contributed by atoms with van der Waals surface area (Å²) in [4.78, 5) is 23.1. The van der Waals surface area contributed by atoms with E-state index in [0.29, 0.717) is 6.07 Å². The van der Waals surface area contributed by atoms with Crippen LogP contribution in [0.15, 0.2) is 18.2 Å². The third-order valence-corrected chi connectivity index (χ3v) is 2.86. The molecule has 0 saturated carbocycles. The van der Waals surface area contributed by atoms with Gasteiger partial charge in [0.1, 0.15) is 23.2 Å². The highest BCUT2D eigenvalue weighted by Gasteiger charge is 2.39. The van der Waals surface area contributed by atoms with Gasteiger partial charge in [-0.25, -0.2) is 9.18 Å². The van der Waals surface area contributed by atoms with Gasteiger partial charge in [-0.1, -0.05) is 12.1 Å². The zero-order chi connectivity index (χ0) is 18.1. The zero-order valence-electron chi connectivity index (χ0n) is 13.0. The Morgan fingerprint density at radius 3 is 2.09 bits per heavy atom. The lowest BCUT2D eigenvalue weighted by Gasteiger charge is -2.28. The van der Waals surface area contributed by atoms with E-state index in [-0.39, 0.29) is 6.29 Å². The van der Waals surface area contributed by atoms with Crippen LogP contribution in [0.3, 0.4) is 0 Å². The molecule has 0 heterocycles. The first-order valence-electron chi connectivity index (χ1n) is 6.64. The van der Waals surface area contributed by atoms with Crippen LogP contribution in [0, 0.1) is 5.82 Å². The van der Waals surface area contributed by atoms with Crippen molar-refractivity contribution in [2.75, 3.05) is 0 Å². The molecule has 0 spiro atoms. The van der Waals surface area contributed by atoms with Gasteiger partial charge in [0.05, 0.1) is 5.56 Å². The summed E-state index contributed by atoms with van der Waals surface area (Å²) < 4.78 is 57.4. The molecule has 0 radical (unpaired) electrons. The van der Waals surface area contributed by atoms with Gasteiger partial charge in [0, 0.05) is 5.56 Å². The average molecular weight is 335 g/mol. The van der Waals surface area contributed by atoms with E-state index in [0.717, 1.165) is 19.1 Å². The Morgan fingerprint density at radius 1 is 1.13 bits per heavy atom. The molecule has 4 nitrogen and oxygen atoms in total. The van der Waals surface area contributed by atoms with Crippen molar-refractivity contribution in [1.29, 1.82) is 0 Å². The van der Waals surface area contributed by atoms with Gasteiger partial charge in [-0.15, -0.1) is 0 Å². The molecular formula is C15H17F4NO3. The molecule has 0 saturated heterocycles. The van der Waals surface area contributed by atoms with Crippen LogP contribution in [0.5, 0.6) is 0 Å². The normalized spacial score (nSPS) is 14.8. The molecule has 1 atom stereocenters. The van der Waals surface area contributed by atoms with Crippen LogP contribution < -0.4 is 5.32 Å². The third-order valence-electron chi connectivity index (χ3n) is 2.86. The van der Waals surface area contributed by atoms with Crippen LogP contribution in [0.4, 0.5) is 22.4 Å². The second-order valence-corrected chi connectivity index (χ2v) is 6.11. The predicted molar refractivity (Wildman–Crippen MR) is 74.2 cm³/mol. The number of alkyl carbamates (subject to hydrolysis) is 1. The molecule has 8 heteroatoms. The number of hydrogen-bond donors (Lipinski definition) is 1. The molecule has 0 fully saturated rings. The third kappa shape index (κ3) is 4.67. The van der Waals surface area contributed by atoms with E-state index in [1.807, 2.05) is 0 Å². The van der Waals surface area contributed by atoms with Crippen LogP contribution in [0.25, 0.3) is 0 Å². The summed E-state index contributed by atoms with van der Waals surface area (Å²) in [5.74, 6) is -1.62. The summed E-state index contributed by atoms with van der Waals surface area (Å²) in [7, 11) is 0. The predicted octanol–water partition coefficient (Wildman–Crippen LogP) is 3.78. The minimum absolute atomic E-state index is 0.148. The van der Waals surface area contributed by atoms with Gasteiger partial charge in [-0.3, -0.25) is 0 Å². The number of hydrogen-bond acceptors (Lipinski definition) is 3. The Hall–Kier alpha value is -2.12. The smallest absolute Gasteiger partial charge is 0.419 e. The highest BCUT2D eigenvalue weighted by Crippen LogP contribution is 2.35. The van der Waals surface area contributed by atoms with Crippen molar-refractivity contribution in [1.82, 2.24) is 5.32 Å². The van der Waals surface area contributed by atoms with Crippen molar-refractivity contribution >= 4 is 12.4 Å². The molecule has 0 aliphatic carbocycles. The Balaban J connectivity index is 3.24. The van der Waals surface area contributed by atoms with Crippen LogP contribution in [-0.4, -0.2) is 18.0 Å². The Bertz CT molecular complexity index is 608. The SMILES string of the molecule is CC(C)(C)OC(=O)NC(C)(C=O)c1cccc(C(F)(F)F)c1F. The molecule has 1 aromatic rings. The molecule has 23 heavy (non-hydrogen) atoms. The fourth-order valence-electron chi connectivity index (χ4n) is 1.83. The zero-order valence-corrected chi connectivity index (χ0v) is 13.0. The Labute approximate surface area is 130 Å². The number of halogens is 4. The van der Waals surface area contributed by atoms with Crippen molar-refractivity contribution in [2.45, 2.75) is 45.0 Å². The number of amides is 1. The molecule has 1 rings (SSSR count). The van der Waals surface area contributed by atoms with E-state index in [1.54, 1.807) is 20.8 Å². The summed E-state index contributed by atoms with van der Waals surface area (Å²) >= 11 is 0. The summed E-state index contributed by atoms with van der Waals surface area (Å²) in [6, 6.07) is 2.51. The lowest BCUT2D eigenvalue weighted by Crippen LogP contribution is -2.47. The van der Waals surface area contributed by atoms with E-state index in [2.05, 4.69) is 5.32 Å². The minimum atomic E-state index is -4.92. The monoisotopic (exact) mass is 335 g/mol. The van der Waals surface area contributed by atoms with E-state index < -0.39 is 40.4 Å². The first kappa shape index (κ1) is 18.9. The second kappa shape index (κ2) is 6.17. The molecule has 1 amide bonds. The van der Waals surface area contributed by atoms with Gasteiger partial charge in [-0.05, 0) is 33.8 Å². The fraction of sp³-hybridized carbons (Fsp3) is 0.467. The number of rotatable bonds is 3. The number of ether oxygens (including phenoxy) is 1. The van der Waals surface area contributed by atoms with Crippen molar-refractivity contribution in [3.63, 3.8) is 0 Å². The van der Waals surface area contributed by atoms with Crippen molar-refractivity contribution < 1.29 is 31.9 Å². The molecular weight excluding hydrogens is 318 g/mol. The van der Waals surface area contributed by atoms with Crippen LogP contribution in [-0.2, 0) is 21.2 Å². The van der Waals surface area contributed by atoms with Crippen LogP contribution in [0.1, 0.15) is 38.8 Å². The van der Waals surface area contributed by atoms with Gasteiger partial charge in [-0.2, -0.15) is 13.2 Å². The average Bonchev–Trinajstić information content (AvgIpc) is 2.34. The van der Waals surface area contributed by atoms with E-state index >= 15 is 0 Å². The quantitative estimate of drug-likeness (QED) is 0.675. The maximum atomic E-state index is 14.2. The summed E-state index contributed by atoms with van der Waals surface area (Å²) in [6.45, 7) is 5.78. The molecule has 1 N–H and O–H groups in total. The molecule has 0 aromatic heterocycles.